The van der Waals surface area contributed by atoms with Crippen molar-refractivity contribution >= 4 is 44.7 Å². The molecule has 6 nitrogen and oxygen atoms in total. The molecule has 0 unspecified atom stereocenters. The van der Waals surface area contributed by atoms with E-state index in [1.807, 2.05) is 18.2 Å². The van der Waals surface area contributed by atoms with Crippen molar-refractivity contribution in [1.29, 1.82) is 0 Å². The number of benzene rings is 2. The predicted molar refractivity (Wildman–Crippen MR) is 120 cm³/mol. The Labute approximate surface area is 181 Å². The molecule has 0 bridgehead atoms. The number of aryl methyl sites for hydroxylation is 1. The number of amides is 1. The van der Waals surface area contributed by atoms with Crippen molar-refractivity contribution in [3.8, 4) is 5.75 Å². The van der Waals surface area contributed by atoms with Gasteiger partial charge >= 0.3 is 0 Å². The highest BCUT2D eigenvalue weighted by molar-refractivity contribution is 7.20. The second-order valence-corrected chi connectivity index (χ2v) is 8.10. The fourth-order valence-corrected chi connectivity index (χ4v) is 4.42. The van der Waals surface area contributed by atoms with Gasteiger partial charge < -0.3 is 10.1 Å². The third-order valence-electron chi connectivity index (χ3n) is 4.75. The normalized spacial score (nSPS) is 10.9. The first-order valence-corrected chi connectivity index (χ1v) is 10.3. The molecule has 2 aromatic heterocycles. The highest BCUT2D eigenvalue weighted by atomic mass is 35.5. The number of nitrogens with zero attached hydrogens (tertiary/aromatic N) is 2. The Morgan fingerprint density at radius 1 is 1.23 bits per heavy atom. The topological polar surface area (TPSA) is 73.2 Å². The van der Waals surface area contributed by atoms with Crippen LogP contribution in [0, 0.1) is 6.92 Å². The van der Waals surface area contributed by atoms with Crippen molar-refractivity contribution in [2.75, 3.05) is 12.4 Å². The van der Waals surface area contributed by atoms with E-state index in [1.54, 1.807) is 44.4 Å². The molecule has 8 heteroatoms. The van der Waals surface area contributed by atoms with Crippen LogP contribution in [0.3, 0.4) is 0 Å². The molecule has 0 radical (unpaired) electrons. The Hall–Kier alpha value is -3.16. The number of anilines is 1. The lowest BCUT2D eigenvalue weighted by molar-refractivity contribution is 0.103. The van der Waals surface area contributed by atoms with Gasteiger partial charge in [-0.15, -0.1) is 11.3 Å². The van der Waals surface area contributed by atoms with Crippen LogP contribution in [0.15, 0.2) is 59.7 Å². The fourth-order valence-electron chi connectivity index (χ4n) is 3.19. The summed E-state index contributed by atoms with van der Waals surface area (Å²) in [6.45, 7) is 2.07. The highest BCUT2D eigenvalue weighted by Crippen LogP contribution is 2.28. The minimum atomic E-state index is -0.291. The Morgan fingerprint density at radius 3 is 2.80 bits per heavy atom. The quantitative estimate of drug-likeness (QED) is 0.488. The van der Waals surface area contributed by atoms with Crippen LogP contribution in [0.1, 0.15) is 20.8 Å². The molecule has 0 saturated heterocycles. The summed E-state index contributed by atoms with van der Waals surface area (Å²) in [5.74, 6) is 0.353. The van der Waals surface area contributed by atoms with Crippen LogP contribution in [-0.4, -0.2) is 22.6 Å². The summed E-state index contributed by atoms with van der Waals surface area (Å²) < 4.78 is 6.69. The van der Waals surface area contributed by atoms with Gasteiger partial charge in [0.1, 0.15) is 10.6 Å². The molecule has 30 heavy (non-hydrogen) atoms. The van der Waals surface area contributed by atoms with Crippen LogP contribution in [0.5, 0.6) is 5.75 Å². The summed E-state index contributed by atoms with van der Waals surface area (Å²) in [6, 6.07) is 14.5. The molecule has 2 heterocycles. The van der Waals surface area contributed by atoms with E-state index in [0.717, 1.165) is 5.56 Å². The van der Waals surface area contributed by atoms with Gasteiger partial charge in [-0.25, -0.2) is 4.98 Å². The number of carbonyl (C=O) groups excluding carboxylic acids is 1. The molecular weight excluding hydrogens is 422 g/mol. The van der Waals surface area contributed by atoms with Crippen LogP contribution in [0.25, 0.3) is 10.2 Å². The summed E-state index contributed by atoms with van der Waals surface area (Å²) in [5, 5.41) is 3.89. The maximum absolute atomic E-state index is 13.1. The zero-order valence-electron chi connectivity index (χ0n) is 16.3. The van der Waals surface area contributed by atoms with E-state index >= 15 is 0 Å². The summed E-state index contributed by atoms with van der Waals surface area (Å²) in [7, 11) is 1.57. The second-order valence-electron chi connectivity index (χ2n) is 6.69. The van der Waals surface area contributed by atoms with Gasteiger partial charge in [-0.2, -0.15) is 0 Å². The van der Waals surface area contributed by atoms with Gasteiger partial charge in [-0.05, 0) is 36.2 Å². The second kappa shape index (κ2) is 8.30. The monoisotopic (exact) mass is 439 g/mol. The minimum Gasteiger partial charge on any atom is -0.497 e. The third kappa shape index (κ3) is 3.81. The number of fused-ring (bicyclic) bond motifs is 1. The molecule has 0 aliphatic rings. The minimum absolute atomic E-state index is 0.200. The SMILES string of the molecule is COc1cccc(NC(=O)c2sc3ncn(Cc4ccccc4Cl)c(=O)c3c2C)c1. The average Bonchev–Trinajstić information content (AvgIpc) is 3.09. The first kappa shape index (κ1) is 20.1. The molecule has 152 valence electrons. The van der Waals surface area contributed by atoms with Gasteiger partial charge in [0.15, 0.2) is 0 Å². The zero-order chi connectivity index (χ0) is 21.3. The van der Waals surface area contributed by atoms with Gasteiger partial charge in [0, 0.05) is 16.8 Å². The van der Waals surface area contributed by atoms with E-state index in [0.29, 0.717) is 43.7 Å². The Balaban J connectivity index is 1.68. The number of rotatable bonds is 5. The largest absolute Gasteiger partial charge is 0.497 e. The number of carbonyl (C=O) groups is 1. The van der Waals surface area contributed by atoms with E-state index in [2.05, 4.69) is 10.3 Å². The molecule has 0 atom stereocenters. The average molecular weight is 440 g/mol. The Bertz CT molecular complexity index is 1310. The molecular formula is C22H18ClN3O3S. The molecule has 0 spiro atoms. The van der Waals surface area contributed by atoms with E-state index in [9.17, 15) is 9.59 Å². The summed E-state index contributed by atoms with van der Waals surface area (Å²) >= 11 is 7.42. The number of thiophene rings is 1. The smallest absolute Gasteiger partial charge is 0.266 e. The van der Waals surface area contributed by atoms with Crippen LogP contribution in [0.2, 0.25) is 5.02 Å². The van der Waals surface area contributed by atoms with E-state index in [4.69, 9.17) is 16.3 Å². The summed E-state index contributed by atoms with van der Waals surface area (Å²) in [6.07, 6.45) is 1.49. The Morgan fingerprint density at radius 2 is 2.03 bits per heavy atom. The van der Waals surface area contributed by atoms with Crippen molar-refractivity contribution in [3.05, 3.63) is 86.2 Å². The van der Waals surface area contributed by atoms with Crippen LogP contribution < -0.4 is 15.6 Å². The Kier molecular flexibility index (Phi) is 5.57. The number of aromatic nitrogens is 2. The fraction of sp³-hybridized carbons (Fsp3) is 0.136. The van der Waals surface area contributed by atoms with Crippen LogP contribution >= 0.6 is 22.9 Å². The molecule has 0 fully saturated rings. The van der Waals surface area contributed by atoms with Gasteiger partial charge in [0.2, 0.25) is 0 Å². The molecule has 4 rings (SSSR count). The van der Waals surface area contributed by atoms with Gasteiger partial charge in [0.25, 0.3) is 11.5 Å². The van der Waals surface area contributed by atoms with Gasteiger partial charge in [0.05, 0.1) is 30.2 Å². The van der Waals surface area contributed by atoms with Crippen LogP contribution in [-0.2, 0) is 6.54 Å². The lowest BCUT2D eigenvalue weighted by atomic mass is 10.2. The molecule has 0 aliphatic carbocycles. The van der Waals surface area contributed by atoms with Gasteiger partial charge in [-0.1, -0.05) is 35.9 Å². The van der Waals surface area contributed by atoms with Crippen molar-refractivity contribution in [1.82, 2.24) is 9.55 Å². The van der Waals surface area contributed by atoms with Crippen molar-refractivity contribution < 1.29 is 9.53 Å². The lowest BCUT2D eigenvalue weighted by Gasteiger charge is -2.07. The molecule has 4 aromatic rings. The van der Waals surface area contributed by atoms with Crippen molar-refractivity contribution in [2.45, 2.75) is 13.5 Å². The van der Waals surface area contributed by atoms with E-state index in [1.165, 1.54) is 22.2 Å². The van der Waals surface area contributed by atoms with Crippen LogP contribution in [0.4, 0.5) is 5.69 Å². The van der Waals surface area contributed by atoms with Crippen molar-refractivity contribution in [2.24, 2.45) is 0 Å². The lowest BCUT2D eigenvalue weighted by Crippen LogP contribution is -2.21. The maximum atomic E-state index is 13.1. The third-order valence-corrected chi connectivity index (χ3v) is 6.32. The first-order valence-electron chi connectivity index (χ1n) is 9.15. The first-order chi connectivity index (χ1) is 14.5. The van der Waals surface area contributed by atoms with Gasteiger partial charge in [-0.3, -0.25) is 14.2 Å². The highest BCUT2D eigenvalue weighted by Gasteiger charge is 2.20. The number of halogens is 1. The molecule has 0 aliphatic heterocycles. The van der Waals surface area contributed by atoms with Crippen molar-refractivity contribution in [3.63, 3.8) is 0 Å². The number of methoxy groups -OCH3 is 1. The number of hydrogen-bond donors (Lipinski definition) is 1. The molecule has 0 saturated carbocycles. The van der Waals surface area contributed by atoms with E-state index in [-0.39, 0.29) is 11.5 Å². The number of nitrogens with one attached hydrogen (secondary N) is 1. The summed E-state index contributed by atoms with van der Waals surface area (Å²) in [5.41, 5.74) is 1.85. The predicted octanol–water partition coefficient (Wildman–Crippen LogP) is 4.73. The summed E-state index contributed by atoms with van der Waals surface area (Å²) in [4.78, 5) is 31.3. The maximum Gasteiger partial charge on any atom is 0.266 e. The molecule has 1 amide bonds. The molecule has 2 aromatic carbocycles. The standard InChI is InChI=1S/C22H18ClN3O3S/c1-13-18-21(24-12-26(22(18)28)11-14-6-3-4-9-17(14)23)30-19(13)20(27)25-15-7-5-8-16(10-15)29-2/h3-10,12H,11H2,1-2H3,(H,25,27). The molecule has 1 N–H and O–H groups in total. The number of hydrogen-bond acceptors (Lipinski definition) is 5. The zero-order valence-corrected chi connectivity index (χ0v) is 17.9. The van der Waals surface area contributed by atoms with E-state index < -0.39 is 0 Å². The number of ether oxygens (including phenoxy) is 1.